The summed E-state index contributed by atoms with van der Waals surface area (Å²) in [6.45, 7) is -1.92. The van der Waals surface area contributed by atoms with E-state index in [0.717, 1.165) is 22.0 Å². The molecule has 8 heteroatoms. The SMILES string of the molecule is CC1SC(=O)N(P(O)(O)=S)C1c1ccc(Cl)cc1. The second kappa shape index (κ2) is 5.12. The van der Waals surface area contributed by atoms with Crippen molar-refractivity contribution >= 4 is 47.1 Å². The zero-order chi connectivity index (χ0) is 13.5. The van der Waals surface area contributed by atoms with Crippen LogP contribution >= 0.6 is 30.0 Å². The van der Waals surface area contributed by atoms with Crippen LogP contribution in [0.5, 0.6) is 0 Å². The third-order valence-electron chi connectivity index (χ3n) is 2.67. The monoisotopic (exact) mass is 323 g/mol. The Hall–Kier alpha value is -0.100. The first kappa shape index (κ1) is 14.3. The van der Waals surface area contributed by atoms with Crippen LogP contribution in [0.2, 0.25) is 5.02 Å². The highest BCUT2D eigenvalue weighted by atomic mass is 35.5. The Kier molecular flexibility index (Phi) is 4.07. The van der Waals surface area contributed by atoms with E-state index in [0.29, 0.717) is 5.02 Å². The van der Waals surface area contributed by atoms with E-state index in [4.69, 9.17) is 11.6 Å². The Balaban J connectivity index is 2.43. The molecule has 0 saturated carbocycles. The molecule has 1 aromatic carbocycles. The van der Waals surface area contributed by atoms with Crippen LogP contribution in [-0.4, -0.2) is 24.9 Å². The molecule has 0 aliphatic carbocycles. The summed E-state index contributed by atoms with van der Waals surface area (Å²) < 4.78 is 1.01. The van der Waals surface area contributed by atoms with Gasteiger partial charge in [0.25, 0.3) is 11.9 Å². The molecule has 0 aromatic heterocycles. The third-order valence-corrected chi connectivity index (χ3v) is 5.61. The average Bonchev–Trinajstić information content (AvgIpc) is 2.54. The second-order valence-electron chi connectivity index (χ2n) is 3.94. The quantitative estimate of drug-likeness (QED) is 0.819. The van der Waals surface area contributed by atoms with Gasteiger partial charge in [-0.25, -0.2) is 0 Å². The fourth-order valence-electron chi connectivity index (χ4n) is 1.93. The predicted octanol–water partition coefficient (Wildman–Crippen LogP) is 3.15. The van der Waals surface area contributed by atoms with Gasteiger partial charge < -0.3 is 9.79 Å². The molecule has 98 valence electrons. The molecule has 0 bridgehead atoms. The van der Waals surface area contributed by atoms with Crippen molar-refractivity contribution in [1.29, 1.82) is 0 Å². The van der Waals surface area contributed by atoms with Crippen LogP contribution in [0.1, 0.15) is 18.5 Å². The molecular weight excluding hydrogens is 313 g/mol. The smallest absolute Gasteiger partial charge is 0.289 e. The molecule has 1 aliphatic rings. The van der Waals surface area contributed by atoms with Gasteiger partial charge in [0.05, 0.1) is 6.04 Å². The molecule has 1 aliphatic heterocycles. The average molecular weight is 324 g/mol. The molecule has 1 amide bonds. The van der Waals surface area contributed by atoms with Crippen LogP contribution in [0.15, 0.2) is 24.3 Å². The van der Waals surface area contributed by atoms with E-state index in [1.165, 1.54) is 0 Å². The van der Waals surface area contributed by atoms with Gasteiger partial charge in [0.1, 0.15) is 0 Å². The lowest BCUT2D eigenvalue weighted by atomic mass is 10.0. The van der Waals surface area contributed by atoms with Crippen LogP contribution < -0.4 is 0 Å². The van der Waals surface area contributed by atoms with E-state index < -0.39 is 17.9 Å². The summed E-state index contributed by atoms with van der Waals surface area (Å²) in [5.41, 5.74) is 0.794. The Morgan fingerprint density at radius 1 is 1.39 bits per heavy atom. The van der Waals surface area contributed by atoms with Gasteiger partial charge in [0.15, 0.2) is 0 Å². The molecule has 2 unspecified atom stereocenters. The molecule has 2 atom stereocenters. The molecule has 1 aromatic rings. The van der Waals surface area contributed by atoms with Crippen molar-refractivity contribution in [1.82, 2.24) is 4.67 Å². The topological polar surface area (TPSA) is 60.8 Å². The molecule has 4 nitrogen and oxygen atoms in total. The fraction of sp³-hybridized carbons (Fsp3) is 0.300. The normalized spacial score (nSPS) is 24.7. The maximum absolute atomic E-state index is 11.8. The minimum atomic E-state index is -3.78. The number of carbonyl (C=O) groups excluding carboxylic acids is 1. The van der Waals surface area contributed by atoms with Gasteiger partial charge in [-0.1, -0.05) is 42.4 Å². The lowest BCUT2D eigenvalue weighted by Gasteiger charge is -2.29. The molecular formula is C10H11ClNO3PS2. The summed E-state index contributed by atoms with van der Waals surface area (Å²) in [6, 6.07) is 6.50. The van der Waals surface area contributed by atoms with Crippen molar-refractivity contribution < 1.29 is 14.6 Å². The number of carbonyl (C=O) groups is 1. The van der Waals surface area contributed by atoms with E-state index >= 15 is 0 Å². The fourth-order valence-corrected chi connectivity index (χ4v) is 5.13. The van der Waals surface area contributed by atoms with Crippen LogP contribution in [-0.2, 0) is 11.8 Å². The Bertz CT molecular complexity index is 518. The van der Waals surface area contributed by atoms with E-state index in [2.05, 4.69) is 11.8 Å². The highest BCUT2D eigenvalue weighted by molar-refractivity contribution is 8.16. The summed E-state index contributed by atoms with van der Waals surface area (Å²) in [5.74, 6) is 0. The van der Waals surface area contributed by atoms with Crippen LogP contribution in [0.25, 0.3) is 0 Å². The molecule has 18 heavy (non-hydrogen) atoms. The summed E-state index contributed by atoms with van der Waals surface area (Å²) in [4.78, 5) is 31.1. The molecule has 1 fully saturated rings. The predicted molar refractivity (Wildman–Crippen MR) is 77.2 cm³/mol. The standard InChI is InChI=1S/C10H11ClNO3PS2/c1-6-9(7-2-4-8(11)5-3-7)12(10(13)18-6)16(14,15)17/h2-6,9H,1H3,(H2,14,15,17). The number of rotatable bonds is 2. The Labute approximate surface area is 119 Å². The van der Waals surface area contributed by atoms with Gasteiger partial charge in [0, 0.05) is 10.3 Å². The summed E-state index contributed by atoms with van der Waals surface area (Å²) in [6.07, 6.45) is 0. The number of hydrogen-bond donors (Lipinski definition) is 2. The van der Waals surface area contributed by atoms with E-state index in [1.807, 2.05) is 6.92 Å². The first-order valence-corrected chi connectivity index (χ1v) is 9.04. The van der Waals surface area contributed by atoms with E-state index in [1.54, 1.807) is 24.3 Å². The highest BCUT2D eigenvalue weighted by Crippen LogP contribution is 2.55. The Morgan fingerprint density at radius 3 is 2.44 bits per heavy atom. The number of thioether (sulfide) groups is 1. The lowest BCUT2D eigenvalue weighted by molar-refractivity contribution is 0.232. The van der Waals surface area contributed by atoms with Crippen molar-refractivity contribution in [3.63, 3.8) is 0 Å². The zero-order valence-corrected chi connectivity index (χ0v) is 12.6. The first-order valence-electron chi connectivity index (χ1n) is 5.12. The van der Waals surface area contributed by atoms with Gasteiger partial charge >= 0.3 is 0 Å². The van der Waals surface area contributed by atoms with Gasteiger partial charge in [-0.15, -0.1) is 0 Å². The molecule has 0 radical (unpaired) electrons. The minimum absolute atomic E-state index is 0.0969. The molecule has 1 heterocycles. The molecule has 1 saturated heterocycles. The molecule has 2 N–H and O–H groups in total. The first-order chi connectivity index (χ1) is 8.30. The molecule has 2 rings (SSSR count). The highest BCUT2D eigenvalue weighted by Gasteiger charge is 2.45. The third kappa shape index (κ3) is 2.74. The second-order valence-corrected chi connectivity index (χ2v) is 8.64. The largest absolute Gasteiger partial charge is 0.329 e. The van der Waals surface area contributed by atoms with Crippen molar-refractivity contribution in [2.24, 2.45) is 0 Å². The maximum atomic E-state index is 11.8. The van der Waals surface area contributed by atoms with Crippen LogP contribution in [0.3, 0.4) is 0 Å². The lowest BCUT2D eigenvalue weighted by Crippen LogP contribution is -2.25. The van der Waals surface area contributed by atoms with Crippen molar-refractivity contribution in [3.05, 3.63) is 34.9 Å². The van der Waals surface area contributed by atoms with Crippen molar-refractivity contribution in [3.8, 4) is 0 Å². The van der Waals surface area contributed by atoms with Gasteiger partial charge in [-0.3, -0.25) is 9.46 Å². The summed E-state index contributed by atoms with van der Waals surface area (Å²) in [7, 11) is 0. The van der Waals surface area contributed by atoms with Crippen molar-refractivity contribution in [2.45, 2.75) is 18.2 Å². The molecule has 0 spiro atoms. The van der Waals surface area contributed by atoms with Crippen molar-refractivity contribution in [2.75, 3.05) is 0 Å². The Morgan fingerprint density at radius 2 is 1.94 bits per heavy atom. The van der Waals surface area contributed by atoms with E-state index in [9.17, 15) is 14.6 Å². The number of halogens is 1. The van der Waals surface area contributed by atoms with Gasteiger partial charge in [-0.05, 0) is 29.5 Å². The van der Waals surface area contributed by atoms with Gasteiger partial charge in [-0.2, -0.15) is 0 Å². The van der Waals surface area contributed by atoms with Crippen LogP contribution in [0, 0.1) is 0 Å². The number of benzene rings is 1. The summed E-state index contributed by atoms with van der Waals surface area (Å²) in [5, 5.41) is 0.0958. The zero-order valence-electron chi connectivity index (χ0n) is 9.36. The van der Waals surface area contributed by atoms with E-state index in [-0.39, 0.29) is 5.25 Å². The maximum Gasteiger partial charge on any atom is 0.289 e. The van der Waals surface area contributed by atoms with Gasteiger partial charge in [0.2, 0.25) is 0 Å². The number of amides is 1. The summed E-state index contributed by atoms with van der Waals surface area (Å²) >= 11 is 11.5. The number of hydrogen-bond acceptors (Lipinski definition) is 3. The van der Waals surface area contributed by atoms with Crippen LogP contribution in [0.4, 0.5) is 4.79 Å². The minimum Gasteiger partial charge on any atom is -0.329 e. The number of nitrogens with zero attached hydrogens (tertiary/aromatic N) is 1.